The highest BCUT2D eigenvalue weighted by atomic mass is 16.6. The first kappa shape index (κ1) is 58.7. The minimum absolute atomic E-state index is 0.199. The van der Waals surface area contributed by atoms with Gasteiger partial charge in [-0.05, 0) is 59.3 Å². The molecule has 5 amide bonds. The van der Waals surface area contributed by atoms with E-state index in [1.807, 2.05) is 0 Å². The van der Waals surface area contributed by atoms with Crippen LogP contribution in [0.2, 0.25) is 0 Å². The minimum Gasteiger partial charge on any atom is -0.444 e. The van der Waals surface area contributed by atoms with Gasteiger partial charge in [0.25, 0.3) is 0 Å². The van der Waals surface area contributed by atoms with Gasteiger partial charge in [-0.3, -0.25) is 19.2 Å². The molecule has 0 spiro atoms. The molecule has 0 bridgehead atoms. The zero-order chi connectivity index (χ0) is 47.4. The second kappa shape index (κ2) is 36.9. The number of alkyl carbamates (subject to hydrolysis) is 1. The fourth-order valence-corrected chi connectivity index (χ4v) is 7.71. The highest BCUT2D eigenvalue weighted by Crippen LogP contribution is 2.26. The van der Waals surface area contributed by atoms with Crippen LogP contribution in [-0.2, 0) is 28.7 Å². The molecule has 1 heterocycles. The highest BCUT2D eigenvalue weighted by molar-refractivity contribution is 5.89. The lowest BCUT2D eigenvalue weighted by Crippen LogP contribution is -2.69. The number of amides is 5. The molecule has 15 nitrogen and oxygen atoms in total. The molecular weight excluding hydrogens is 819 g/mol. The first-order chi connectivity index (χ1) is 30.7. The van der Waals surface area contributed by atoms with E-state index in [2.05, 4.69) is 47.3 Å². The first-order valence-electron chi connectivity index (χ1n) is 25.1. The van der Waals surface area contributed by atoms with Crippen LogP contribution in [0.25, 0.3) is 0 Å². The molecule has 5 atom stereocenters. The van der Waals surface area contributed by atoms with E-state index in [0.717, 1.165) is 57.8 Å². The zero-order valence-electron chi connectivity index (χ0n) is 40.6. The maximum absolute atomic E-state index is 14.0. The number of rotatable bonds is 37. The normalized spacial score (nSPS) is 18.7. The van der Waals surface area contributed by atoms with Gasteiger partial charge >= 0.3 is 6.09 Å². The zero-order valence-corrected chi connectivity index (χ0v) is 40.6. The summed E-state index contributed by atoms with van der Waals surface area (Å²) in [6.07, 6.45) is 27.0. The predicted molar refractivity (Wildman–Crippen MR) is 252 cm³/mol. The summed E-state index contributed by atoms with van der Waals surface area (Å²) >= 11 is 0. The number of aliphatic hydroxyl groups excluding tert-OH is 3. The summed E-state index contributed by atoms with van der Waals surface area (Å²) in [6.45, 7) is 7.76. The molecule has 7 N–H and O–H groups in total. The number of carbonyl (C=O) groups excluding carboxylic acids is 5. The Kier molecular flexibility index (Phi) is 33.9. The van der Waals surface area contributed by atoms with Gasteiger partial charge in [-0.25, -0.2) is 4.79 Å². The topological polar surface area (TPSA) is 216 Å². The average Bonchev–Trinajstić information content (AvgIpc) is 3.25. The smallest absolute Gasteiger partial charge is 0.408 e. The molecule has 0 aromatic rings. The molecule has 0 unspecified atom stereocenters. The molecule has 1 aliphatic heterocycles. The van der Waals surface area contributed by atoms with Gasteiger partial charge in [0.2, 0.25) is 23.6 Å². The van der Waals surface area contributed by atoms with Crippen molar-refractivity contribution in [3.63, 3.8) is 0 Å². The third-order valence-corrected chi connectivity index (χ3v) is 11.4. The molecular formula is C49H91N5O10. The Hall–Kier alpha value is -3.27. The van der Waals surface area contributed by atoms with E-state index in [1.165, 1.54) is 94.8 Å². The van der Waals surface area contributed by atoms with Crippen molar-refractivity contribution in [2.45, 2.75) is 238 Å². The van der Waals surface area contributed by atoms with Crippen LogP contribution in [0.3, 0.4) is 0 Å². The van der Waals surface area contributed by atoms with Crippen LogP contribution in [0.1, 0.15) is 202 Å². The predicted octanol–water partition coefficient (Wildman–Crippen LogP) is 7.23. The van der Waals surface area contributed by atoms with Gasteiger partial charge in [-0.15, -0.1) is 0 Å². The van der Waals surface area contributed by atoms with E-state index < -0.39 is 86.2 Å². The van der Waals surface area contributed by atoms with Gasteiger partial charge in [-0.1, -0.05) is 148 Å². The van der Waals surface area contributed by atoms with E-state index in [9.17, 15) is 39.3 Å². The second-order valence-corrected chi connectivity index (χ2v) is 18.5. The standard InChI is InChI=1S/C49H91N5O10/c1-6-8-10-12-14-16-18-20-21-22-23-25-27-29-31-33-43(59)54(34-32-30-28-26-24-19-17-15-13-11-9-7-2)47-44(46(61)45(60)39(38-55)63-47)53-42(58)37-51-40(56)35-50-41(57)36-52-48(62)64-49(3,4)5/h20-21,39,44-47,55,60-61H,6-19,22-38H2,1-5H3,(H,50,57)(H,51,56)(H,52,62)(H,53,58)/t39-,44-,45-,46-,47-/m1/s1. The molecule has 1 aliphatic rings. The molecule has 372 valence electrons. The fourth-order valence-electron chi connectivity index (χ4n) is 7.71. The quantitative estimate of drug-likeness (QED) is 0.0245. The van der Waals surface area contributed by atoms with E-state index in [1.54, 1.807) is 20.8 Å². The first-order valence-corrected chi connectivity index (χ1v) is 25.1. The monoisotopic (exact) mass is 910 g/mol. The third kappa shape index (κ3) is 29.3. The summed E-state index contributed by atoms with van der Waals surface area (Å²) in [6, 6.07) is -1.27. The molecule has 1 fully saturated rings. The summed E-state index contributed by atoms with van der Waals surface area (Å²) in [4.78, 5) is 65.2. The Balaban J connectivity index is 2.82. The number of allylic oxidation sites excluding steroid dienone is 2. The van der Waals surface area contributed by atoms with Crippen molar-refractivity contribution in [3.8, 4) is 0 Å². The number of aliphatic hydroxyl groups is 3. The van der Waals surface area contributed by atoms with Crippen LogP contribution in [-0.4, -0.2) is 119 Å². The number of unbranched alkanes of at least 4 members (excludes halogenated alkanes) is 22. The van der Waals surface area contributed by atoms with Gasteiger partial charge in [-0.2, -0.15) is 0 Å². The van der Waals surface area contributed by atoms with Crippen molar-refractivity contribution in [2.24, 2.45) is 0 Å². The molecule has 1 rings (SSSR count). The lowest BCUT2D eigenvalue weighted by atomic mass is 9.94. The van der Waals surface area contributed by atoms with E-state index >= 15 is 0 Å². The number of hydrogen-bond donors (Lipinski definition) is 7. The second-order valence-electron chi connectivity index (χ2n) is 18.5. The van der Waals surface area contributed by atoms with Crippen LogP contribution < -0.4 is 21.3 Å². The van der Waals surface area contributed by atoms with E-state index in [0.29, 0.717) is 19.4 Å². The van der Waals surface area contributed by atoms with Crippen molar-refractivity contribution in [2.75, 3.05) is 32.8 Å². The van der Waals surface area contributed by atoms with Crippen LogP contribution in [0.4, 0.5) is 4.79 Å². The van der Waals surface area contributed by atoms with Crippen molar-refractivity contribution in [1.82, 2.24) is 26.2 Å². The summed E-state index contributed by atoms with van der Waals surface area (Å²) in [5.74, 6) is -2.27. The Bertz CT molecular complexity index is 1290. The maximum Gasteiger partial charge on any atom is 0.408 e. The molecule has 0 saturated carbocycles. The molecule has 0 aliphatic carbocycles. The van der Waals surface area contributed by atoms with Gasteiger partial charge in [0.15, 0.2) is 6.23 Å². The SMILES string of the molecule is CCCCCCCCC=CCCCCCCCC(=O)N(CCCCCCCCCCCCCC)[C@@H]1O[C@H](CO)[C@@H](O)[C@H](O)[C@H]1NC(=O)CNC(=O)CNC(=O)CNC(=O)OC(C)(C)C. The summed E-state index contributed by atoms with van der Waals surface area (Å²) in [5.41, 5.74) is -0.747. The van der Waals surface area contributed by atoms with Crippen molar-refractivity contribution < 1.29 is 48.8 Å². The fraction of sp³-hybridized carbons (Fsp3) is 0.857. The molecule has 1 saturated heterocycles. The lowest BCUT2D eigenvalue weighted by Gasteiger charge is -2.47. The van der Waals surface area contributed by atoms with Crippen LogP contribution in [0.15, 0.2) is 12.2 Å². The molecule has 15 heteroatoms. The van der Waals surface area contributed by atoms with Crippen molar-refractivity contribution >= 4 is 29.7 Å². The largest absolute Gasteiger partial charge is 0.444 e. The van der Waals surface area contributed by atoms with Crippen molar-refractivity contribution in [3.05, 3.63) is 12.2 Å². The van der Waals surface area contributed by atoms with Gasteiger partial charge in [0, 0.05) is 13.0 Å². The number of nitrogens with zero attached hydrogens (tertiary/aromatic N) is 1. The van der Waals surface area contributed by atoms with Crippen LogP contribution in [0, 0.1) is 0 Å². The summed E-state index contributed by atoms with van der Waals surface area (Å²) in [5, 5.41) is 41.9. The Morgan fingerprint density at radius 2 is 1.03 bits per heavy atom. The van der Waals surface area contributed by atoms with Gasteiger partial charge < -0.3 is 51.0 Å². The molecule has 64 heavy (non-hydrogen) atoms. The average molecular weight is 910 g/mol. The van der Waals surface area contributed by atoms with Gasteiger partial charge in [0.05, 0.1) is 19.7 Å². The van der Waals surface area contributed by atoms with Crippen molar-refractivity contribution in [1.29, 1.82) is 0 Å². The van der Waals surface area contributed by atoms with Gasteiger partial charge in [0.1, 0.15) is 36.5 Å². The summed E-state index contributed by atoms with van der Waals surface area (Å²) < 4.78 is 11.2. The minimum atomic E-state index is -1.59. The lowest BCUT2D eigenvalue weighted by molar-refractivity contribution is -0.231. The van der Waals surface area contributed by atoms with Crippen LogP contribution in [0.5, 0.6) is 0 Å². The molecule has 0 aromatic carbocycles. The van der Waals surface area contributed by atoms with E-state index in [-0.39, 0.29) is 12.3 Å². The highest BCUT2D eigenvalue weighted by Gasteiger charge is 2.48. The summed E-state index contributed by atoms with van der Waals surface area (Å²) in [7, 11) is 0. The van der Waals surface area contributed by atoms with E-state index in [4.69, 9.17) is 9.47 Å². The number of hydrogen-bond acceptors (Lipinski definition) is 10. The Morgan fingerprint density at radius 3 is 1.52 bits per heavy atom. The molecule has 0 radical (unpaired) electrons. The Morgan fingerprint density at radius 1 is 0.594 bits per heavy atom. The maximum atomic E-state index is 14.0. The van der Waals surface area contributed by atoms with Crippen LogP contribution >= 0.6 is 0 Å². The number of ether oxygens (including phenoxy) is 2. The third-order valence-electron chi connectivity index (χ3n) is 11.4. The Labute approximate surface area is 386 Å². The molecule has 0 aromatic heterocycles. The number of nitrogens with one attached hydrogen (secondary N) is 4. The number of carbonyl (C=O) groups is 5.